The van der Waals surface area contributed by atoms with Gasteiger partial charge < -0.3 is 20.3 Å². The molecule has 0 bridgehead atoms. The van der Waals surface area contributed by atoms with Crippen molar-refractivity contribution in [3.63, 3.8) is 0 Å². The molecule has 0 atom stereocenters. The lowest BCUT2D eigenvalue weighted by Gasteiger charge is -2.38. The molecule has 1 aliphatic heterocycles. The molecule has 2 N–H and O–H groups in total. The second kappa shape index (κ2) is 11.2. The van der Waals surface area contributed by atoms with Gasteiger partial charge in [-0.25, -0.2) is 4.79 Å². The summed E-state index contributed by atoms with van der Waals surface area (Å²) in [5.41, 5.74) is 1.86. The Labute approximate surface area is 188 Å². The van der Waals surface area contributed by atoms with Gasteiger partial charge in [0.05, 0.1) is 0 Å². The standard InChI is InChI=1S/C24H30ClN3O3/c1-28(17-19-7-3-2-4-8-19)22(29)11-14-26-23(30)27-18-24(12-15-31-16-13-24)20-9-5-6-10-21(20)25/h2-10H,11-18H2,1H3,(H2,26,27,30). The van der Waals surface area contributed by atoms with E-state index < -0.39 is 0 Å². The molecule has 31 heavy (non-hydrogen) atoms. The van der Waals surface area contributed by atoms with Crippen LogP contribution < -0.4 is 10.6 Å². The number of nitrogens with zero attached hydrogens (tertiary/aromatic N) is 1. The van der Waals surface area contributed by atoms with Crippen LogP contribution in [0.4, 0.5) is 4.79 Å². The van der Waals surface area contributed by atoms with Crippen LogP contribution in [0.5, 0.6) is 0 Å². The molecule has 3 amide bonds. The van der Waals surface area contributed by atoms with E-state index in [0.717, 1.165) is 24.0 Å². The second-order valence-electron chi connectivity index (χ2n) is 7.97. The molecular weight excluding hydrogens is 414 g/mol. The quantitative estimate of drug-likeness (QED) is 0.653. The lowest BCUT2D eigenvalue weighted by molar-refractivity contribution is -0.130. The Morgan fingerprint density at radius 1 is 1.03 bits per heavy atom. The van der Waals surface area contributed by atoms with Crippen molar-refractivity contribution in [1.29, 1.82) is 0 Å². The van der Waals surface area contributed by atoms with E-state index in [1.165, 1.54) is 0 Å². The fourth-order valence-electron chi connectivity index (χ4n) is 3.93. The summed E-state index contributed by atoms with van der Waals surface area (Å²) < 4.78 is 5.54. The first-order chi connectivity index (χ1) is 15.0. The number of nitrogens with one attached hydrogen (secondary N) is 2. The first-order valence-electron chi connectivity index (χ1n) is 10.6. The molecule has 1 heterocycles. The van der Waals surface area contributed by atoms with Crippen LogP contribution in [-0.2, 0) is 21.5 Å². The predicted octanol–water partition coefficient (Wildman–Crippen LogP) is 3.74. The molecule has 2 aromatic rings. The van der Waals surface area contributed by atoms with Gasteiger partial charge in [0.15, 0.2) is 0 Å². The van der Waals surface area contributed by atoms with E-state index in [0.29, 0.717) is 31.3 Å². The Balaban J connectivity index is 1.46. The summed E-state index contributed by atoms with van der Waals surface area (Å²) in [5.74, 6) is -0.0129. The van der Waals surface area contributed by atoms with Gasteiger partial charge in [-0.15, -0.1) is 0 Å². The fourth-order valence-corrected chi connectivity index (χ4v) is 4.26. The SMILES string of the molecule is CN(Cc1ccccc1)C(=O)CCNC(=O)NCC1(c2ccccc2Cl)CCOCC1. The minimum Gasteiger partial charge on any atom is -0.381 e. The molecule has 2 aromatic carbocycles. The van der Waals surface area contributed by atoms with Crippen LogP contribution in [-0.4, -0.2) is 50.2 Å². The highest BCUT2D eigenvalue weighted by molar-refractivity contribution is 6.31. The van der Waals surface area contributed by atoms with Crippen LogP contribution >= 0.6 is 11.6 Å². The first kappa shape index (κ1) is 23.1. The minimum absolute atomic E-state index is 0.0129. The van der Waals surface area contributed by atoms with Gasteiger partial charge in [-0.2, -0.15) is 0 Å². The lowest BCUT2D eigenvalue weighted by Crippen LogP contribution is -2.48. The topological polar surface area (TPSA) is 70.7 Å². The number of hydrogen-bond acceptors (Lipinski definition) is 3. The fraction of sp³-hybridized carbons (Fsp3) is 0.417. The van der Waals surface area contributed by atoms with E-state index in [4.69, 9.17) is 16.3 Å². The molecule has 0 saturated carbocycles. The maximum absolute atomic E-state index is 12.4. The van der Waals surface area contributed by atoms with Crippen LogP contribution in [0.2, 0.25) is 5.02 Å². The predicted molar refractivity (Wildman–Crippen MR) is 122 cm³/mol. The average molecular weight is 444 g/mol. The number of carbonyl (C=O) groups excluding carboxylic acids is 2. The summed E-state index contributed by atoms with van der Waals surface area (Å²) in [6.45, 7) is 2.57. The molecule has 0 aromatic heterocycles. The molecule has 0 radical (unpaired) electrons. The van der Waals surface area contributed by atoms with Crippen LogP contribution in [0.15, 0.2) is 54.6 Å². The Morgan fingerprint density at radius 3 is 2.42 bits per heavy atom. The van der Waals surface area contributed by atoms with Crippen molar-refractivity contribution in [3.05, 3.63) is 70.7 Å². The molecular formula is C24H30ClN3O3. The Bertz CT molecular complexity index is 869. The molecule has 0 aliphatic carbocycles. The highest BCUT2D eigenvalue weighted by Crippen LogP contribution is 2.38. The van der Waals surface area contributed by atoms with Crippen molar-refractivity contribution in [2.75, 3.05) is 33.4 Å². The normalized spacial score (nSPS) is 15.2. The molecule has 1 saturated heterocycles. The Morgan fingerprint density at radius 2 is 1.71 bits per heavy atom. The average Bonchev–Trinajstić information content (AvgIpc) is 2.79. The van der Waals surface area contributed by atoms with Gasteiger partial charge >= 0.3 is 6.03 Å². The van der Waals surface area contributed by atoms with Crippen LogP contribution in [0, 0.1) is 0 Å². The smallest absolute Gasteiger partial charge is 0.314 e. The molecule has 6 nitrogen and oxygen atoms in total. The number of hydrogen-bond donors (Lipinski definition) is 2. The molecule has 1 fully saturated rings. The van der Waals surface area contributed by atoms with Gasteiger partial charge in [-0.1, -0.05) is 60.1 Å². The number of benzene rings is 2. The summed E-state index contributed by atoms with van der Waals surface area (Å²) in [6.07, 6.45) is 1.83. The maximum atomic E-state index is 12.4. The van der Waals surface area contributed by atoms with Crippen molar-refractivity contribution < 1.29 is 14.3 Å². The number of ether oxygens (including phenoxy) is 1. The Kier molecular flexibility index (Phi) is 8.32. The minimum atomic E-state index is -0.281. The third-order valence-electron chi connectivity index (χ3n) is 5.80. The number of rotatable bonds is 8. The molecule has 0 spiro atoms. The van der Waals surface area contributed by atoms with Gasteiger partial charge in [0, 0.05) is 56.8 Å². The van der Waals surface area contributed by atoms with E-state index in [2.05, 4.69) is 10.6 Å². The van der Waals surface area contributed by atoms with Crippen LogP contribution in [0.3, 0.4) is 0 Å². The van der Waals surface area contributed by atoms with Crippen molar-refractivity contribution >= 4 is 23.5 Å². The van der Waals surface area contributed by atoms with Gasteiger partial charge in [-0.3, -0.25) is 4.79 Å². The van der Waals surface area contributed by atoms with Crippen molar-refractivity contribution in [1.82, 2.24) is 15.5 Å². The third-order valence-corrected chi connectivity index (χ3v) is 6.12. The van der Waals surface area contributed by atoms with E-state index >= 15 is 0 Å². The van der Waals surface area contributed by atoms with E-state index in [1.807, 2.05) is 54.6 Å². The first-order valence-corrected chi connectivity index (χ1v) is 11.0. The number of carbonyl (C=O) groups is 2. The van der Waals surface area contributed by atoms with E-state index in [9.17, 15) is 9.59 Å². The number of urea groups is 1. The van der Waals surface area contributed by atoms with Crippen molar-refractivity contribution in [2.24, 2.45) is 0 Å². The molecule has 1 aliphatic rings. The number of amides is 3. The summed E-state index contributed by atoms with van der Waals surface area (Å²) in [5, 5.41) is 6.47. The highest BCUT2D eigenvalue weighted by Gasteiger charge is 2.36. The number of halogens is 1. The largest absolute Gasteiger partial charge is 0.381 e. The lowest BCUT2D eigenvalue weighted by atomic mass is 9.74. The van der Waals surface area contributed by atoms with Gasteiger partial charge in [0.1, 0.15) is 0 Å². The zero-order valence-corrected chi connectivity index (χ0v) is 18.7. The maximum Gasteiger partial charge on any atom is 0.314 e. The zero-order chi connectivity index (χ0) is 22.1. The van der Waals surface area contributed by atoms with E-state index in [1.54, 1.807) is 11.9 Å². The monoisotopic (exact) mass is 443 g/mol. The van der Waals surface area contributed by atoms with Crippen molar-refractivity contribution in [3.8, 4) is 0 Å². The summed E-state index contributed by atoms with van der Waals surface area (Å²) in [4.78, 5) is 26.4. The molecule has 3 rings (SSSR count). The van der Waals surface area contributed by atoms with Crippen molar-refractivity contribution in [2.45, 2.75) is 31.2 Å². The zero-order valence-electron chi connectivity index (χ0n) is 17.9. The van der Waals surface area contributed by atoms with Crippen LogP contribution in [0.1, 0.15) is 30.4 Å². The third kappa shape index (κ3) is 6.45. The summed E-state index contributed by atoms with van der Waals surface area (Å²) >= 11 is 6.46. The molecule has 0 unspecified atom stereocenters. The van der Waals surface area contributed by atoms with Gasteiger partial charge in [0.25, 0.3) is 0 Å². The molecule has 7 heteroatoms. The van der Waals surface area contributed by atoms with Gasteiger partial charge in [-0.05, 0) is 30.0 Å². The van der Waals surface area contributed by atoms with Crippen LogP contribution in [0.25, 0.3) is 0 Å². The van der Waals surface area contributed by atoms with Gasteiger partial charge in [0.2, 0.25) is 5.91 Å². The second-order valence-corrected chi connectivity index (χ2v) is 8.37. The van der Waals surface area contributed by atoms with E-state index in [-0.39, 0.29) is 30.3 Å². The Hall–Kier alpha value is -2.57. The summed E-state index contributed by atoms with van der Waals surface area (Å²) in [7, 11) is 1.77. The highest BCUT2D eigenvalue weighted by atomic mass is 35.5. The summed E-state index contributed by atoms with van der Waals surface area (Å²) in [6, 6.07) is 17.3. The molecule has 166 valence electrons.